The molecule has 6 heteroatoms. The minimum Gasteiger partial charge on any atom is -0.396 e. The second-order valence-electron chi connectivity index (χ2n) is 3.18. The van der Waals surface area contributed by atoms with Crippen LogP contribution in [0.4, 0.5) is 4.79 Å². The number of aromatic nitrogens is 1. The van der Waals surface area contributed by atoms with Gasteiger partial charge in [0.05, 0.1) is 0 Å². The van der Waals surface area contributed by atoms with Gasteiger partial charge in [-0.1, -0.05) is 17.7 Å². The maximum Gasteiger partial charge on any atom is 0.315 e. The van der Waals surface area contributed by atoms with Gasteiger partial charge in [0.15, 0.2) is 0 Å². The highest BCUT2D eigenvalue weighted by atomic mass is 35.5. The fourth-order valence-corrected chi connectivity index (χ4v) is 1.15. The molecular weight excluding hydrogens is 230 g/mol. The zero-order valence-electron chi connectivity index (χ0n) is 8.74. The highest BCUT2D eigenvalue weighted by molar-refractivity contribution is 6.29. The van der Waals surface area contributed by atoms with Gasteiger partial charge in [0, 0.05) is 25.9 Å². The van der Waals surface area contributed by atoms with Crippen molar-refractivity contribution in [2.75, 3.05) is 13.2 Å². The Hall–Kier alpha value is -1.33. The SMILES string of the molecule is O=C(NCCCO)NCc1ccc(Cl)nc1. The molecule has 1 heterocycles. The first-order valence-electron chi connectivity index (χ1n) is 4.95. The zero-order chi connectivity index (χ0) is 11.8. The Labute approximate surface area is 98.8 Å². The smallest absolute Gasteiger partial charge is 0.315 e. The molecule has 0 unspecified atom stereocenters. The molecular formula is C10H14ClN3O2. The van der Waals surface area contributed by atoms with Crippen LogP contribution in [0.2, 0.25) is 5.15 Å². The molecule has 5 nitrogen and oxygen atoms in total. The van der Waals surface area contributed by atoms with Crippen molar-refractivity contribution in [1.29, 1.82) is 0 Å². The molecule has 0 atom stereocenters. The van der Waals surface area contributed by atoms with E-state index in [0.717, 1.165) is 5.56 Å². The summed E-state index contributed by atoms with van der Waals surface area (Å²) in [5, 5.41) is 14.2. The highest BCUT2D eigenvalue weighted by Crippen LogP contribution is 2.04. The Kier molecular flexibility index (Phi) is 5.60. The monoisotopic (exact) mass is 243 g/mol. The van der Waals surface area contributed by atoms with Crippen molar-refractivity contribution in [1.82, 2.24) is 15.6 Å². The van der Waals surface area contributed by atoms with Crippen LogP contribution in [0.15, 0.2) is 18.3 Å². The number of carbonyl (C=O) groups is 1. The van der Waals surface area contributed by atoms with E-state index in [-0.39, 0.29) is 12.6 Å². The van der Waals surface area contributed by atoms with E-state index in [1.807, 2.05) is 0 Å². The molecule has 0 aliphatic heterocycles. The van der Waals surface area contributed by atoms with Crippen molar-refractivity contribution in [2.45, 2.75) is 13.0 Å². The largest absolute Gasteiger partial charge is 0.396 e. The standard InChI is InChI=1S/C10H14ClN3O2/c11-9-3-2-8(6-13-9)7-14-10(16)12-4-1-5-15/h2-3,6,15H,1,4-5,7H2,(H2,12,14,16). The normalized spacial score (nSPS) is 9.88. The topological polar surface area (TPSA) is 74.2 Å². The van der Waals surface area contributed by atoms with Crippen LogP contribution in [-0.4, -0.2) is 29.3 Å². The fraction of sp³-hybridized carbons (Fsp3) is 0.400. The van der Waals surface area contributed by atoms with E-state index in [1.165, 1.54) is 0 Å². The van der Waals surface area contributed by atoms with Gasteiger partial charge in [-0.25, -0.2) is 9.78 Å². The summed E-state index contributed by atoms with van der Waals surface area (Å²) in [4.78, 5) is 15.1. The number of nitrogens with zero attached hydrogens (tertiary/aromatic N) is 1. The number of pyridine rings is 1. The predicted molar refractivity (Wildman–Crippen MR) is 61.2 cm³/mol. The van der Waals surface area contributed by atoms with Gasteiger partial charge in [-0.15, -0.1) is 0 Å². The van der Waals surface area contributed by atoms with Crippen molar-refractivity contribution in [3.63, 3.8) is 0 Å². The van der Waals surface area contributed by atoms with Crippen LogP contribution >= 0.6 is 11.6 Å². The third kappa shape index (κ3) is 4.95. The van der Waals surface area contributed by atoms with Crippen molar-refractivity contribution >= 4 is 17.6 Å². The fourth-order valence-electron chi connectivity index (χ4n) is 1.04. The zero-order valence-corrected chi connectivity index (χ0v) is 9.50. The number of aliphatic hydroxyl groups excluding tert-OH is 1. The summed E-state index contributed by atoms with van der Waals surface area (Å²) in [6, 6.07) is 3.20. The lowest BCUT2D eigenvalue weighted by molar-refractivity contribution is 0.237. The summed E-state index contributed by atoms with van der Waals surface area (Å²) in [6.45, 7) is 0.928. The third-order valence-electron chi connectivity index (χ3n) is 1.86. The Bertz CT molecular complexity index is 329. The number of rotatable bonds is 5. The van der Waals surface area contributed by atoms with E-state index in [0.29, 0.717) is 24.7 Å². The molecule has 0 fully saturated rings. The molecule has 2 amide bonds. The van der Waals surface area contributed by atoms with E-state index in [1.54, 1.807) is 18.3 Å². The molecule has 0 aromatic carbocycles. The Morgan fingerprint density at radius 3 is 2.88 bits per heavy atom. The second kappa shape index (κ2) is 7.03. The van der Waals surface area contributed by atoms with Gasteiger partial charge in [0.2, 0.25) is 0 Å². The number of hydrogen-bond donors (Lipinski definition) is 3. The molecule has 0 saturated heterocycles. The first kappa shape index (κ1) is 12.7. The summed E-state index contributed by atoms with van der Waals surface area (Å²) in [5.41, 5.74) is 0.877. The molecule has 1 rings (SSSR count). The molecule has 0 radical (unpaired) electrons. The van der Waals surface area contributed by atoms with Crippen molar-refractivity contribution in [2.24, 2.45) is 0 Å². The first-order chi connectivity index (χ1) is 7.72. The number of nitrogens with one attached hydrogen (secondary N) is 2. The van der Waals surface area contributed by atoms with Gasteiger partial charge in [-0.3, -0.25) is 0 Å². The van der Waals surface area contributed by atoms with E-state index in [2.05, 4.69) is 15.6 Å². The Morgan fingerprint density at radius 2 is 2.25 bits per heavy atom. The number of hydrogen-bond acceptors (Lipinski definition) is 3. The van der Waals surface area contributed by atoms with Crippen molar-refractivity contribution in [3.8, 4) is 0 Å². The molecule has 16 heavy (non-hydrogen) atoms. The molecule has 0 saturated carbocycles. The number of amides is 2. The number of carbonyl (C=O) groups excluding carboxylic acids is 1. The average molecular weight is 244 g/mol. The van der Waals surface area contributed by atoms with Gasteiger partial charge in [0.1, 0.15) is 5.15 Å². The molecule has 0 spiro atoms. The minimum atomic E-state index is -0.261. The lowest BCUT2D eigenvalue weighted by atomic mass is 10.3. The lowest BCUT2D eigenvalue weighted by Crippen LogP contribution is -2.35. The second-order valence-corrected chi connectivity index (χ2v) is 3.56. The van der Waals surface area contributed by atoms with Crippen molar-refractivity contribution in [3.05, 3.63) is 29.0 Å². The first-order valence-corrected chi connectivity index (χ1v) is 5.33. The van der Waals surface area contributed by atoms with Gasteiger partial charge in [-0.2, -0.15) is 0 Å². The summed E-state index contributed by atoms with van der Waals surface area (Å²) in [7, 11) is 0. The number of urea groups is 1. The summed E-state index contributed by atoms with van der Waals surface area (Å²) >= 11 is 5.62. The van der Waals surface area contributed by atoms with Crippen LogP contribution in [0.5, 0.6) is 0 Å². The van der Waals surface area contributed by atoms with Gasteiger partial charge in [-0.05, 0) is 18.1 Å². The number of aliphatic hydroxyl groups is 1. The molecule has 1 aromatic rings. The van der Waals surface area contributed by atoms with E-state index in [4.69, 9.17) is 16.7 Å². The highest BCUT2D eigenvalue weighted by Gasteiger charge is 1.99. The van der Waals surface area contributed by atoms with Crippen LogP contribution in [0, 0.1) is 0 Å². The quantitative estimate of drug-likeness (QED) is 0.532. The molecule has 0 aliphatic rings. The van der Waals surface area contributed by atoms with Crippen LogP contribution in [0.1, 0.15) is 12.0 Å². The van der Waals surface area contributed by atoms with Crippen LogP contribution in [-0.2, 0) is 6.54 Å². The van der Waals surface area contributed by atoms with Crippen LogP contribution in [0.25, 0.3) is 0 Å². The van der Waals surface area contributed by atoms with Crippen molar-refractivity contribution < 1.29 is 9.90 Å². The van der Waals surface area contributed by atoms with Gasteiger partial charge >= 0.3 is 6.03 Å². The Morgan fingerprint density at radius 1 is 1.44 bits per heavy atom. The van der Waals surface area contributed by atoms with E-state index >= 15 is 0 Å². The van der Waals surface area contributed by atoms with Crippen LogP contribution in [0.3, 0.4) is 0 Å². The molecule has 3 N–H and O–H groups in total. The van der Waals surface area contributed by atoms with Gasteiger partial charge < -0.3 is 15.7 Å². The summed E-state index contributed by atoms with van der Waals surface area (Å²) < 4.78 is 0. The molecule has 88 valence electrons. The Balaban J connectivity index is 2.23. The lowest BCUT2D eigenvalue weighted by Gasteiger charge is -2.06. The molecule has 0 bridgehead atoms. The third-order valence-corrected chi connectivity index (χ3v) is 2.09. The average Bonchev–Trinajstić information content (AvgIpc) is 2.29. The maximum absolute atomic E-state index is 11.2. The molecule has 0 aliphatic carbocycles. The number of halogens is 1. The van der Waals surface area contributed by atoms with Gasteiger partial charge in [0.25, 0.3) is 0 Å². The molecule has 1 aromatic heterocycles. The summed E-state index contributed by atoms with van der Waals surface area (Å²) in [5.74, 6) is 0. The predicted octanol–water partition coefficient (Wildman–Crippen LogP) is 0.917. The van der Waals surface area contributed by atoms with E-state index < -0.39 is 0 Å². The minimum absolute atomic E-state index is 0.0708. The van der Waals surface area contributed by atoms with Crippen LogP contribution < -0.4 is 10.6 Å². The van der Waals surface area contributed by atoms with E-state index in [9.17, 15) is 4.79 Å². The maximum atomic E-state index is 11.2. The summed E-state index contributed by atoms with van der Waals surface area (Å²) in [6.07, 6.45) is 2.16.